The fraction of sp³-hybridized carbons (Fsp3) is 0.143. The molecule has 0 saturated carbocycles. The third kappa shape index (κ3) is 2.95. The Morgan fingerprint density at radius 3 is 2.86 bits per heavy atom. The van der Waals surface area contributed by atoms with Gasteiger partial charge in [0.25, 0.3) is 5.78 Å². The molecule has 3 rings (SSSR count). The SMILES string of the molecule is O=C(Cc1ccoc1Cc1ccccn1)C(=O)c1nn[nH]n1. The zero-order valence-corrected chi connectivity index (χ0v) is 11.4. The van der Waals surface area contributed by atoms with Crippen molar-refractivity contribution in [2.24, 2.45) is 0 Å². The summed E-state index contributed by atoms with van der Waals surface area (Å²) in [5.74, 6) is -1.03. The van der Waals surface area contributed by atoms with Crippen molar-refractivity contribution in [1.82, 2.24) is 25.6 Å². The van der Waals surface area contributed by atoms with Gasteiger partial charge in [-0.25, -0.2) is 0 Å². The Labute approximate surface area is 124 Å². The highest BCUT2D eigenvalue weighted by molar-refractivity contribution is 6.43. The smallest absolute Gasteiger partial charge is 0.269 e. The minimum atomic E-state index is -0.779. The van der Waals surface area contributed by atoms with Crippen LogP contribution in [0.25, 0.3) is 0 Å². The number of H-pyrrole nitrogens is 1. The highest BCUT2D eigenvalue weighted by Crippen LogP contribution is 2.16. The van der Waals surface area contributed by atoms with Crippen molar-refractivity contribution in [2.75, 3.05) is 0 Å². The Kier molecular flexibility index (Phi) is 3.82. The van der Waals surface area contributed by atoms with E-state index in [2.05, 4.69) is 25.6 Å². The summed E-state index contributed by atoms with van der Waals surface area (Å²) in [6.45, 7) is 0. The second kappa shape index (κ2) is 6.08. The molecule has 0 radical (unpaired) electrons. The summed E-state index contributed by atoms with van der Waals surface area (Å²) in [7, 11) is 0. The van der Waals surface area contributed by atoms with Crippen molar-refractivity contribution in [3.05, 3.63) is 59.6 Å². The first-order valence-corrected chi connectivity index (χ1v) is 6.50. The van der Waals surface area contributed by atoms with Crippen molar-refractivity contribution < 1.29 is 14.0 Å². The van der Waals surface area contributed by atoms with Crippen LogP contribution in [-0.4, -0.2) is 37.2 Å². The third-order valence-electron chi connectivity index (χ3n) is 3.06. The average Bonchev–Trinajstić information content (AvgIpc) is 3.20. The molecule has 0 aliphatic rings. The van der Waals surface area contributed by atoms with Crippen LogP contribution in [0.15, 0.2) is 41.1 Å². The number of nitrogens with zero attached hydrogens (tertiary/aromatic N) is 4. The predicted octanol–water partition coefficient (Wildman–Crippen LogP) is 0.773. The molecular formula is C14H11N5O3. The van der Waals surface area contributed by atoms with E-state index in [1.54, 1.807) is 12.3 Å². The van der Waals surface area contributed by atoms with Crippen LogP contribution in [0.1, 0.15) is 27.6 Å². The lowest BCUT2D eigenvalue weighted by Crippen LogP contribution is -2.18. The predicted molar refractivity (Wildman–Crippen MR) is 73.0 cm³/mol. The first-order valence-electron chi connectivity index (χ1n) is 6.50. The Morgan fingerprint density at radius 2 is 2.14 bits per heavy atom. The van der Waals surface area contributed by atoms with E-state index in [1.807, 2.05) is 18.2 Å². The van der Waals surface area contributed by atoms with Gasteiger partial charge in [-0.1, -0.05) is 6.07 Å². The van der Waals surface area contributed by atoms with E-state index < -0.39 is 11.6 Å². The van der Waals surface area contributed by atoms with E-state index in [0.717, 1.165) is 5.69 Å². The van der Waals surface area contributed by atoms with Gasteiger partial charge >= 0.3 is 0 Å². The standard InChI is InChI=1S/C14H11N5O3/c20-11(13(21)14-16-18-19-17-14)7-9-4-6-22-12(9)8-10-3-1-2-5-15-10/h1-6H,7-8H2,(H,16,17,18,19). The molecule has 3 aromatic heterocycles. The average molecular weight is 297 g/mol. The fourth-order valence-electron chi connectivity index (χ4n) is 1.98. The van der Waals surface area contributed by atoms with Gasteiger partial charge in [0.05, 0.1) is 6.26 Å². The quantitative estimate of drug-likeness (QED) is 0.528. The molecule has 3 aromatic rings. The zero-order chi connectivity index (χ0) is 15.4. The molecule has 0 aromatic carbocycles. The maximum Gasteiger partial charge on any atom is 0.269 e. The van der Waals surface area contributed by atoms with Crippen LogP contribution in [0.5, 0.6) is 0 Å². The van der Waals surface area contributed by atoms with E-state index >= 15 is 0 Å². The number of furan rings is 1. The van der Waals surface area contributed by atoms with Crippen molar-refractivity contribution in [3.63, 3.8) is 0 Å². The number of hydrogen-bond acceptors (Lipinski definition) is 7. The number of Topliss-reactive ketones (excluding diaryl/α,β-unsaturated/α-hetero) is 2. The summed E-state index contributed by atoms with van der Waals surface area (Å²) in [5, 5.41) is 12.4. The molecule has 8 heteroatoms. The molecule has 0 aliphatic heterocycles. The van der Waals surface area contributed by atoms with Crippen molar-refractivity contribution in [1.29, 1.82) is 0 Å². The van der Waals surface area contributed by atoms with E-state index in [4.69, 9.17) is 4.42 Å². The summed E-state index contributed by atoms with van der Waals surface area (Å²) in [4.78, 5) is 28.0. The minimum Gasteiger partial charge on any atom is -0.469 e. The maximum absolute atomic E-state index is 12.0. The number of rotatable bonds is 6. The van der Waals surface area contributed by atoms with Gasteiger partial charge in [-0.05, 0) is 23.4 Å². The van der Waals surface area contributed by atoms with Gasteiger partial charge < -0.3 is 4.42 Å². The highest BCUT2D eigenvalue weighted by atomic mass is 16.3. The Bertz CT molecular complexity index is 780. The molecule has 1 N–H and O–H groups in total. The van der Waals surface area contributed by atoms with Gasteiger partial charge in [0, 0.05) is 30.3 Å². The lowest BCUT2D eigenvalue weighted by Gasteiger charge is -2.01. The summed E-state index contributed by atoms with van der Waals surface area (Å²) >= 11 is 0. The van der Waals surface area contributed by atoms with Crippen LogP contribution in [0.3, 0.4) is 0 Å². The van der Waals surface area contributed by atoms with Gasteiger partial charge in [-0.3, -0.25) is 14.6 Å². The Balaban J connectivity index is 1.72. The number of aromatic amines is 1. The van der Waals surface area contributed by atoms with E-state index in [1.165, 1.54) is 6.26 Å². The molecule has 22 heavy (non-hydrogen) atoms. The molecule has 0 amide bonds. The van der Waals surface area contributed by atoms with Crippen molar-refractivity contribution >= 4 is 11.6 Å². The van der Waals surface area contributed by atoms with E-state index in [0.29, 0.717) is 17.7 Å². The van der Waals surface area contributed by atoms with Crippen LogP contribution < -0.4 is 0 Å². The van der Waals surface area contributed by atoms with Gasteiger partial charge in [-0.15, -0.1) is 10.2 Å². The molecule has 0 saturated heterocycles. The van der Waals surface area contributed by atoms with Crippen LogP contribution >= 0.6 is 0 Å². The molecule has 0 bridgehead atoms. The summed E-state index contributed by atoms with van der Waals surface area (Å²) in [6, 6.07) is 7.22. The highest BCUT2D eigenvalue weighted by Gasteiger charge is 2.22. The third-order valence-corrected chi connectivity index (χ3v) is 3.06. The number of aromatic nitrogens is 5. The number of ketones is 2. The second-order valence-electron chi connectivity index (χ2n) is 4.53. The summed E-state index contributed by atoms with van der Waals surface area (Å²) in [6.07, 6.45) is 3.54. The first-order chi connectivity index (χ1) is 10.7. The number of carbonyl (C=O) groups excluding carboxylic acids is 2. The van der Waals surface area contributed by atoms with E-state index in [-0.39, 0.29) is 12.2 Å². The summed E-state index contributed by atoms with van der Waals surface area (Å²) < 4.78 is 5.39. The topological polar surface area (TPSA) is 115 Å². The number of hydrogen-bond donors (Lipinski definition) is 1. The maximum atomic E-state index is 12.0. The van der Waals surface area contributed by atoms with Crippen LogP contribution in [0, 0.1) is 0 Å². The van der Waals surface area contributed by atoms with E-state index in [9.17, 15) is 9.59 Å². The molecule has 0 atom stereocenters. The normalized spacial score (nSPS) is 10.5. The molecule has 0 fully saturated rings. The zero-order valence-electron chi connectivity index (χ0n) is 11.4. The molecule has 8 nitrogen and oxygen atoms in total. The largest absolute Gasteiger partial charge is 0.469 e. The molecule has 0 unspecified atom stereocenters. The molecule has 0 spiro atoms. The number of pyridine rings is 1. The second-order valence-corrected chi connectivity index (χ2v) is 4.53. The number of nitrogens with one attached hydrogen (secondary N) is 1. The number of tetrazole rings is 1. The molecule has 110 valence electrons. The van der Waals surface area contributed by atoms with Gasteiger partial charge in [-0.2, -0.15) is 5.21 Å². The minimum absolute atomic E-state index is 0.0773. The van der Waals surface area contributed by atoms with Crippen LogP contribution in [0.4, 0.5) is 0 Å². The van der Waals surface area contributed by atoms with Crippen LogP contribution in [0.2, 0.25) is 0 Å². The fourth-order valence-corrected chi connectivity index (χ4v) is 1.98. The lowest BCUT2D eigenvalue weighted by molar-refractivity contribution is -0.114. The lowest BCUT2D eigenvalue weighted by atomic mass is 10.0. The summed E-state index contributed by atoms with van der Waals surface area (Å²) in [5.41, 5.74) is 1.46. The van der Waals surface area contributed by atoms with Gasteiger partial charge in [0.1, 0.15) is 5.76 Å². The molecule has 0 aliphatic carbocycles. The monoisotopic (exact) mass is 297 g/mol. The Hall–Kier alpha value is -3.16. The van der Waals surface area contributed by atoms with Crippen LogP contribution in [-0.2, 0) is 17.6 Å². The van der Waals surface area contributed by atoms with Gasteiger partial charge in [0.2, 0.25) is 11.6 Å². The first kappa shape index (κ1) is 13.8. The van der Waals surface area contributed by atoms with Crippen molar-refractivity contribution in [3.8, 4) is 0 Å². The molecular weight excluding hydrogens is 286 g/mol. The Morgan fingerprint density at radius 1 is 1.23 bits per heavy atom. The van der Waals surface area contributed by atoms with Crippen molar-refractivity contribution in [2.45, 2.75) is 12.8 Å². The molecule has 3 heterocycles. The number of carbonyl (C=O) groups is 2. The van der Waals surface area contributed by atoms with Gasteiger partial charge in [0.15, 0.2) is 0 Å².